The van der Waals surface area contributed by atoms with Gasteiger partial charge in [0.25, 0.3) is 0 Å². The molecule has 1 unspecified atom stereocenters. The van der Waals surface area contributed by atoms with Crippen LogP contribution in [0.1, 0.15) is 29.9 Å². The number of halogens is 1. The van der Waals surface area contributed by atoms with Crippen LogP contribution in [0.3, 0.4) is 0 Å². The Kier molecular flexibility index (Phi) is 4.52. The largest absolute Gasteiger partial charge is 0.298 e. The van der Waals surface area contributed by atoms with Gasteiger partial charge in [-0.15, -0.1) is 11.6 Å². The van der Waals surface area contributed by atoms with E-state index in [9.17, 15) is 13.2 Å². The molecule has 1 aromatic carbocycles. The van der Waals surface area contributed by atoms with Crippen molar-refractivity contribution >= 4 is 27.4 Å². The van der Waals surface area contributed by atoms with E-state index in [4.69, 9.17) is 11.6 Å². The van der Waals surface area contributed by atoms with E-state index in [0.717, 1.165) is 30.4 Å². The summed E-state index contributed by atoms with van der Waals surface area (Å²) < 4.78 is 25.4. The Morgan fingerprint density at radius 1 is 1.40 bits per heavy atom. The van der Waals surface area contributed by atoms with Crippen LogP contribution in [0.4, 0.5) is 0 Å². The van der Waals surface area contributed by atoms with Gasteiger partial charge in [0.2, 0.25) is 10.0 Å². The van der Waals surface area contributed by atoms with Gasteiger partial charge in [-0.1, -0.05) is 6.07 Å². The smallest absolute Gasteiger partial charge is 0.242 e. The summed E-state index contributed by atoms with van der Waals surface area (Å²) in [7, 11) is -0.414. The number of fused-ring (bicyclic) bond motifs is 1. The number of benzene rings is 1. The van der Waals surface area contributed by atoms with Gasteiger partial charge in [0.05, 0.1) is 10.8 Å². The van der Waals surface area contributed by atoms with Gasteiger partial charge in [0.1, 0.15) is 0 Å². The molecule has 0 saturated heterocycles. The number of hydrogen-bond acceptors (Lipinski definition) is 3. The first-order valence-corrected chi connectivity index (χ1v) is 8.49. The fourth-order valence-corrected chi connectivity index (χ4v) is 3.73. The summed E-state index contributed by atoms with van der Waals surface area (Å²) in [5.41, 5.74) is 1.88. The predicted octanol–water partition coefficient (Wildman–Crippen LogP) is 2.16. The molecule has 6 heteroatoms. The molecule has 0 aromatic heterocycles. The van der Waals surface area contributed by atoms with Crippen LogP contribution in [0, 0.1) is 0 Å². The maximum absolute atomic E-state index is 12.1. The average Bonchev–Trinajstić information content (AvgIpc) is 2.44. The van der Waals surface area contributed by atoms with Crippen LogP contribution in [-0.4, -0.2) is 38.5 Å². The summed E-state index contributed by atoms with van der Waals surface area (Å²) in [6.45, 7) is 0. The Labute approximate surface area is 124 Å². The van der Waals surface area contributed by atoms with Gasteiger partial charge in [0, 0.05) is 20.0 Å². The molecule has 1 aliphatic rings. The second kappa shape index (κ2) is 5.84. The zero-order chi connectivity index (χ0) is 14.9. The highest BCUT2D eigenvalue weighted by Gasteiger charge is 2.27. The lowest BCUT2D eigenvalue weighted by Crippen LogP contribution is -2.24. The van der Waals surface area contributed by atoms with E-state index in [1.165, 1.54) is 18.4 Å². The standard InChI is InChI=1S/C14H18ClNO3S/c1-16(2)20(18,19)11-6-7-12-10(8-11)4-3-5-13(12)14(17)9-15/h6-8,13H,3-5,9H2,1-2H3. The van der Waals surface area contributed by atoms with Crippen LogP contribution in [-0.2, 0) is 21.2 Å². The molecule has 0 aliphatic heterocycles. The number of carbonyl (C=O) groups excluding carboxylic acids is 1. The molecule has 0 spiro atoms. The number of alkyl halides is 1. The number of hydrogen-bond donors (Lipinski definition) is 0. The first-order valence-electron chi connectivity index (χ1n) is 6.52. The van der Waals surface area contributed by atoms with Crippen molar-refractivity contribution in [3.05, 3.63) is 29.3 Å². The molecule has 0 radical (unpaired) electrons. The Morgan fingerprint density at radius 2 is 2.10 bits per heavy atom. The molecule has 20 heavy (non-hydrogen) atoms. The second-order valence-corrected chi connectivity index (χ2v) is 7.61. The number of ketones is 1. The van der Waals surface area contributed by atoms with Crippen LogP contribution in [0.2, 0.25) is 0 Å². The summed E-state index contributed by atoms with van der Waals surface area (Å²) >= 11 is 5.65. The second-order valence-electron chi connectivity index (χ2n) is 5.19. The van der Waals surface area contributed by atoms with Gasteiger partial charge in [0.15, 0.2) is 5.78 Å². The van der Waals surface area contributed by atoms with E-state index < -0.39 is 10.0 Å². The summed E-state index contributed by atoms with van der Waals surface area (Å²) in [5, 5.41) is 0. The zero-order valence-electron chi connectivity index (χ0n) is 11.6. The lowest BCUT2D eigenvalue weighted by atomic mass is 9.81. The first kappa shape index (κ1) is 15.5. The number of carbonyl (C=O) groups is 1. The molecule has 4 nitrogen and oxygen atoms in total. The lowest BCUT2D eigenvalue weighted by molar-refractivity contribution is -0.118. The third kappa shape index (κ3) is 2.75. The van der Waals surface area contributed by atoms with E-state index in [2.05, 4.69) is 0 Å². The highest BCUT2D eigenvalue weighted by Crippen LogP contribution is 2.34. The molecule has 1 aromatic rings. The third-order valence-corrected chi connectivity index (χ3v) is 5.80. The number of aryl methyl sites for hydroxylation is 1. The lowest BCUT2D eigenvalue weighted by Gasteiger charge is -2.25. The average molecular weight is 316 g/mol. The minimum atomic E-state index is -3.43. The van der Waals surface area contributed by atoms with Crippen molar-refractivity contribution in [2.45, 2.75) is 30.1 Å². The predicted molar refractivity (Wildman–Crippen MR) is 78.7 cm³/mol. The van der Waals surface area contributed by atoms with E-state index in [1.54, 1.807) is 18.2 Å². The van der Waals surface area contributed by atoms with E-state index in [1.807, 2.05) is 0 Å². The van der Waals surface area contributed by atoms with E-state index >= 15 is 0 Å². The van der Waals surface area contributed by atoms with Gasteiger partial charge < -0.3 is 0 Å². The minimum Gasteiger partial charge on any atom is -0.298 e. The molecular weight excluding hydrogens is 298 g/mol. The van der Waals surface area contributed by atoms with Crippen LogP contribution >= 0.6 is 11.6 Å². The summed E-state index contributed by atoms with van der Waals surface area (Å²) in [4.78, 5) is 12.1. The molecule has 0 amide bonds. The fraction of sp³-hybridized carbons (Fsp3) is 0.500. The van der Waals surface area contributed by atoms with Crippen LogP contribution in [0.5, 0.6) is 0 Å². The molecule has 0 saturated carbocycles. The van der Waals surface area contributed by atoms with Crippen LogP contribution in [0.25, 0.3) is 0 Å². The maximum atomic E-state index is 12.1. The van der Waals surface area contributed by atoms with Gasteiger partial charge in [-0.05, 0) is 42.5 Å². The van der Waals surface area contributed by atoms with Crippen molar-refractivity contribution in [1.82, 2.24) is 4.31 Å². The molecule has 1 aliphatic carbocycles. The number of sulfonamides is 1. The Hall–Kier alpha value is -0.910. The fourth-order valence-electron chi connectivity index (χ4n) is 2.59. The Bertz CT molecular complexity index is 625. The monoisotopic (exact) mass is 315 g/mol. The normalized spacial score (nSPS) is 18.9. The van der Waals surface area contributed by atoms with Gasteiger partial charge in [-0.3, -0.25) is 4.79 Å². The van der Waals surface area contributed by atoms with Crippen molar-refractivity contribution in [3.8, 4) is 0 Å². The van der Waals surface area contributed by atoms with Crippen molar-refractivity contribution in [2.24, 2.45) is 0 Å². The maximum Gasteiger partial charge on any atom is 0.242 e. The number of nitrogens with zero attached hydrogens (tertiary/aromatic N) is 1. The summed E-state index contributed by atoms with van der Waals surface area (Å²) in [6.07, 6.45) is 2.47. The molecule has 2 rings (SSSR count). The topological polar surface area (TPSA) is 54.5 Å². The highest BCUT2D eigenvalue weighted by molar-refractivity contribution is 7.89. The van der Waals surface area contributed by atoms with Gasteiger partial charge >= 0.3 is 0 Å². The highest BCUT2D eigenvalue weighted by atomic mass is 35.5. The molecule has 0 heterocycles. The number of rotatable bonds is 4. The molecule has 0 fully saturated rings. The van der Waals surface area contributed by atoms with Crippen molar-refractivity contribution < 1.29 is 13.2 Å². The molecule has 110 valence electrons. The van der Waals surface area contributed by atoms with Crippen molar-refractivity contribution in [1.29, 1.82) is 0 Å². The quantitative estimate of drug-likeness (QED) is 0.800. The zero-order valence-corrected chi connectivity index (χ0v) is 13.2. The van der Waals surface area contributed by atoms with Gasteiger partial charge in [-0.25, -0.2) is 12.7 Å². The Morgan fingerprint density at radius 3 is 2.70 bits per heavy atom. The van der Waals surface area contributed by atoms with E-state index in [0.29, 0.717) is 0 Å². The van der Waals surface area contributed by atoms with Gasteiger partial charge in [-0.2, -0.15) is 0 Å². The first-order chi connectivity index (χ1) is 9.37. The Balaban J connectivity index is 2.45. The molecule has 1 atom stereocenters. The summed E-state index contributed by atoms with van der Waals surface area (Å²) in [5.74, 6) is -0.176. The number of Topliss-reactive ketones (excluding diaryl/α,β-unsaturated/α-hetero) is 1. The molecule has 0 N–H and O–H groups in total. The molecule has 0 bridgehead atoms. The third-order valence-electron chi connectivity index (χ3n) is 3.73. The summed E-state index contributed by atoms with van der Waals surface area (Å²) in [6, 6.07) is 5.03. The SMILES string of the molecule is CN(C)S(=O)(=O)c1ccc2c(c1)CCCC2C(=O)CCl. The van der Waals surface area contributed by atoms with E-state index in [-0.39, 0.29) is 22.5 Å². The van der Waals surface area contributed by atoms with Crippen LogP contribution in [0.15, 0.2) is 23.1 Å². The molecular formula is C14H18ClNO3S. The van der Waals surface area contributed by atoms with Crippen LogP contribution < -0.4 is 0 Å². The van der Waals surface area contributed by atoms with Crippen molar-refractivity contribution in [3.63, 3.8) is 0 Å². The van der Waals surface area contributed by atoms with Crippen molar-refractivity contribution in [2.75, 3.05) is 20.0 Å². The minimum absolute atomic E-state index is 0.00184.